The lowest BCUT2D eigenvalue weighted by atomic mass is 10.2. The third-order valence-electron chi connectivity index (χ3n) is 2.68. The first-order valence-corrected chi connectivity index (χ1v) is 4.99. The normalized spacial score (nSPS) is 17.3. The van der Waals surface area contributed by atoms with E-state index in [9.17, 15) is 4.39 Å². The molecule has 0 aliphatic heterocycles. The monoisotopic (exact) mass is 210 g/mol. The Morgan fingerprint density at radius 1 is 1.53 bits per heavy atom. The minimum atomic E-state index is -0.278. The van der Waals surface area contributed by atoms with E-state index in [4.69, 9.17) is 10.5 Å². The molecule has 3 nitrogen and oxygen atoms in total. The number of halogens is 1. The van der Waals surface area contributed by atoms with Crippen LogP contribution in [0.1, 0.15) is 12.8 Å². The largest absolute Gasteiger partial charge is 0.495 e. The van der Waals surface area contributed by atoms with Gasteiger partial charge in [0.15, 0.2) is 0 Å². The van der Waals surface area contributed by atoms with Gasteiger partial charge in [0, 0.05) is 18.2 Å². The van der Waals surface area contributed by atoms with E-state index in [0.717, 1.165) is 12.8 Å². The van der Waals surface area contributed by atoms with E-state index >= 15 is 0 Å². The third-order valence-corrected chi connectivity index (χ3v) is 2.68. The average molecular weight is 210 g/mol. The summed E-state index contributed by atoms with van der Waals surface area (Å²) >= 11 is 0. The number of rotatable bonds is 4. The van der Waals surface area contributed by atoms with Gasteiger partial charge in [-0.05, 0) is 25.0 Å². The van der Waals surface area contributed by atoms with Gasteiger partial charge in [-0.2, -0.15) is 0 Å². The van der Waals surface area contributed by atoms with Crippen molar-refractivity contribution in [3.05, 3.63) is 24.0 Å². The molecule has 0 unspecified atom stereocenters. The molecule has 82 valence electrons. The van der Waals surface area contributed by atoms with Crippen LogP contribution in [0.4, 0.5) is 10.1 Å². The van der Waals surface area contributed by atoms with Crippen molar-refractivity contribution in [2.75, 3.05) is 19.0 Å². The Morgan fingerprint density at radius 2 is 2.27 bits per heavy atom. The molecule has 0 heterocycles. The summed E-state index contributed by atoms with van der Waals surface area (Å²) in [7, 11) is 1.56. The van der Waals surface area contributed by atoms with E-state index in [1.165, 1.54) is 12.1 Å². The van der Waals surface area contributed by atoms with Crippen molar-refractivity contribution in [1.29, 1.82) is 0 Å². The maximum Gasteiger partial charge on any atom is 0.142 e. The second-order valence-corrected chi connectivity index (χ2v) is 4.06. The van der Waals surface area contributed by atoms with Gasteiger partial charge in [0.2, 0.25) is 0 Å². The molecular weight excluding hydrogens is 195 g/mol. The molecule has 1 aliphatic carbocycles. The fraction of sp³-hybridized carbons (Fsp3) is 0.455. The van der Waals surface area contributed by atoms with Crippen LogP contribution in [0.2, 0.25) is 0 Å². The number of benzene rings is 1. The van der Waals surface area contributed by atoms with Crippen molar-refractivity contribution in [3.63, 3.8) is 0 Å². The van der Waals surface area contributed by atoms with Gasteiger partial charge in [-0.1, -0.05) is 0 Å². The Labute approximate surface area is 88.4 Å². The number of nitrogens with one attached hydrogen (secondary N) is 1. The molecule has 0 saturated heterocycles. The van der Waals surface area contributed by atoms with Crippen LogP contribution in [0.5, 0.6) is 5.75 Å². The molecular formula is C11H15FN2O. The topological polar surface area (TPSA) is 47.3 Å². The summed E-state index contributed by atoms with van der Waals surface area (Å²) in [6.07, 6.45) is 2.05. The van der Waals surface area contributed by atoms with E-state index in [0.29, 0.717) is 18.0 Å². The van der Waals surface area contributed by atoms with Gasteiger partial charge in [-0.15, -0.1) is 0 Å². The summed E-state index contributed by atoms with van der Waals surface area (Å²) in [5.41, 5.74) is 6.49. The summed E-state index contributed by atoms with van der Waals surface area (Å²) in [5, 5.41) is 3.12. The highest BCUT2D eigenvalue weighted by Crippen LogP contribution is 2.33. The molecule has 3 N–H and O–H groups in total. The van der Waals surface area contributed by atoms with Gasteiger partial charge < -0.3 is 15.8 Å². The maximum atomic E-state index is 13.0. The molecule has 15 heavy (non-hydrogen) atoms. The number of ether oxygens (including phenoxy) is 1. The van der Waals surface area contributed by atoms with Crippen LogP contribution in [0.25, 0.3) is 0 Å². The van der Waals surface area contributed by atoms with Crippen LogP contribution in [0.15, 0.2) is 18.2 Å². The molecule has 1 aromatic carbocycles. The van der Waals surface area contributed by atoms with E-state index in [1.54, 1.807) is 13.2 Å². The zero-order chi connectivity index (χ0) is 10.9. The minimum absolute atomic E-state index is 0.0999. The molecule has 0 radical (unpaired) electrons. The van der Waals surface area contributed by atoms with Crippen molar-refractivity contribution < 1.29 is 9.13 Å². The molecule has 1 aliphatic rings. The highest BCUT2D eigenvalue weighted by Gasteiger charge is 2.37. The molecule has 4 heteroatoms. The molecule has 1 fully saturated rings. The molecule has 0 atom stereocenters. The molecule has 0 amide bonds. The summed E-state index contributed by atoms with van der Waals surface area (Å²) < 4.78 is 18.1. The van der Waals surface area contributed by atoms with Gasteiger partial charge in [0.1, 0.15) is 11.6 Å². The van der Waals surface area contributed by atoms with Gasteiger partial charge in [-0.25, -0.2) is 4.39 Å². The van der Waals surface area contributed by atoms with Crippen LogP contribution in [0, 0.1) is 5.82 Å². The lowest BCUT2D eigenvalue weighted by molar-refractivity contribution is 0.415. The Morgan fingerprint density at radius 3 is 2.87 bits per heavy atom. The third kappa shape index (κ3) is 2.39. The van der Waals surface area contributed by atoms with E-state index in [1.807, 2.05) is 0 Å². The number of hydrogen-bond acceptors (Lipinski definition) is 3. The van der Waals surface area contributed by atoms with Gasteiger partial charge in [0.05, 0.1) is 12.8 Å². The second-order valence-electron chi connectivity index (χ2n) is 4.06. The Hall–Kier alpha value is -1.29. The van der Waals surface area contributed by atoms with Crippen molar-refractivity contribution in [3.8, 4) is 5.75 Å². The van der Waals surface area contributed by atoms with Crippen LogP contribution < -0.4 is 15.8 Å². The Balaban J connectivity index is 2.08. The van der Waals surface area contributed by atoms with Gasteiger partial charge in [0.25, 0.3) is 0 Å². The lowest BCUT2D eigenvalue weighted by Crippen LogP contribution is -2.31. The van der Waals surface area contributed by atoms with E-state index < -0.39 is 0 Å². The first kappa shape index (κ1) is 10.2. The minimum Gasteiger partial charge on any atom is -0.495 e. The Kier molecular flexibility index (Phi) is 2.52. The summed E-state index contributed by atoms with van der Waals surface area (Å²) in [6, 6.07) is 4.40. The van der Waals surface area contributed by atoms with Crippen molar-refractivity contribution in [2.45, 2.75) is 18.4 Å². The first-order valence-electron chi connectivity index (χ1n) is 4.99. The predicted molar refractivity (Wildman–Crippen MR) is 57.6 cm³/mol. The van der Waals surface area contributed by atoms with Crippen molar-refractivity contribution in [1.82, 2.24) is 0 Å². The highest BCUT2D eigenvalue weighted by molar-refractivity contribution is 5.56. The molecule has 1 saturated carbocycles. The SMILES string of the molecule is COc1ccc(F)cc1NCC1(N)CC1. The Bertz CT molecular complexity index is 364. The fourth-order valence-corrected chi connectivity index (χ4v) is 1.43. The zero-order valence-corrected chi connectivity index (χ0v) is 8.72. The van der Waals surface area contributed by atoms with Crippen LogP contribution in [0.3, 0.4) is 0 Å². The molecule has 0 spiro atoms. The van der Waals surface area contributed by atoms with Crippen molar-refractivity contribution in [2.24, 2.45) is 5.73 Å². The number of anilines is 1. The highest BCUT2D eigenvalue weighted by atomic mass is 19.1. The molecule has 2 rings (SSSR count). The quantitative estimate of drug-likeness (QED) is 0.795. The number of hydrogen-bond donors (Lipinski definition) is 2. The van der Waals surface area contributed by atoms with Crippen LogP contribution in [-0.2, 0) is 0 Å². The molecule has 0 aromatic heterocycles. The second kappa shape index (κ2) is 3.70. The van der Waals surface area contributed by atoms with Crippen LogP contribution >= 0.6 is 0 Å². The standard InChI is InChI=1S/C11H15FN2O/c1-15-10-3-2-8(12)6-9(10)14-7-11(13)4-5-11/h2-3,6,14H,4-5,7,13H2,1H3. The summed E-state index contributed by atoms with van der Waals surface area (Å²) in [5.74, 6) is 0.362. The van der Waals surface area contributed by atoms with Crippen LogP contribution in [-0.4, -0.2) is 19.2 Å². The van der Waals surface area contributed by atoms with E-state index in [-0.39, 0.29) is 11.4 Å². The summed E-state index contributed by atoms with van der Waals surface area (Å²) in [4.78, 5) is 0. The lowest BCUT2D eigenvalue weighted by Gasteiger charge is -2.14. The van der Waals surface area contributed by atoms with Crippen molar-refractivity contribution >= 4 is 5.69 Å². The molecule has 0 bridgehead atoms. The average Bonchev–Trinajstić information content (AvgIpc) is 2.95. The zero-order valence-electron chi connectivity index (χ0n) is 8.72. The number of methoxy groups -OCH3 is 1. The van der Waals surface area contributed by atoms with Gasteiger partial charge in [-0.3, -0.25) is 0 Å². The maximum absolute atomic E-state index is 13.0. The molecule has 1 aromatic rings. The first-order chi connectivity index (χ1) is 7.13. The fourth-order valence-electron chi connectivity index (χ4n) is 1.43. The smallest absolute Gasteiger partial charge is 0.142 e. The number of nitrogens with two attached hydrogens (primary N) is 1. The van der Waals surface area contributed by atoms with Gasteiger partial charge >= 0.3 is 0 Å². The predicted octanol–water partition coefficient (Wildman–Crippen LogP) is 1.74. The summed E-state index contributed by atoms with van der Waals surface area (Å²) in [6.45, 7) is 0.660. The van der Waals surface area contributed by atoms with E-state index in [2.05, 4.69) is 5.32 Å².